The number of nitrogens with one attached hydrogen (secondary N) is 1. The van der Waals surface area contributed by atoms with Crippen molar-refractivity contribution in [1.82, 2.24) is 10.2 Å². The Morgan fingerprint density at radius 3 is 2.18 bits per heavy atom. The molecule has 1 amide bonds. The maximum absolute atomic E-state index is 13.2. The molecule has 1 heterocycles. The van der Waals surface area contributed by atoms with Gasteiger partial charge in [0.2, 0.25) is 0 Å². The summed E-state index contributed by atoms with van der Waals surface area (Å²) >= 11 is 0. The van der Waals surface area contributed by atoms with Gasteiger partial charge in [-0.05, 0) is 41.5 Å². The van der Waals surface area contributed by atoms with Gasteiger partial charge in [0.15, 0.2) is 0 Å². The first-order valence-corrected chi connectivity index (χ1v) is 11.4. The third-order valence-electron chi connectivity index (χ3n) is 6.12. The van der Waals surface area contributed by atoms with Crippen molar-refractivity contribution in [3.8, 4) is 11.5 Å². The topological polar surface area (TPSA) is 54.0 Å². The van der Waals surface area contributed by atoms with Crippen LogP contribution in [0, 0.1) is 5.82 Å². The maximum atomic E-state index is 13.2. The van der Waals surface area contributed by atoms with E-state index in [1.807, 2.05) is 30.3 Å². The van der Waals surface area contributed by atoms with Crippen LogP contribution in [-0.2, 0) is 13.1 Å². The van der Waals surface area contributed by atoms with Crippen LogP contribution in [0.5, 0.6) is 11.5 Å². The van der Waals surface area contributed by atoms with Gasteiger partial charge in [-0.3, -0.25) is 9.69 Å². The smallest absolute Gasteiger partial charge is 0.259 e. The maximum Gasteiger partial charge on any atom is 0.259 e. The Hall–Kier alpha value is -3.58. The van der Waals surface area contributed by atoms with Gasteiger partial charge >= 0.3 is 0 Å². The zero-order valence-corrected chi connectivity index (χ0v) is 19.6. The second-order valence-electron chi connectivity index (χ2n) is 8.24. The zero-order chi connectivity index (χ0) is 23.9. The summed E-state index contributed by atoms with van der Waals surface area (Å²) in [6, 6.07) is 20.1. The number of hydrogen-bond donors (Lipinski definition) is 1. The highest BCUT2D eigenvalue weighted by Gasteiger charge is 2.21. The zero-order valence-electron chi connectivity index (χ0n) is 19.6. The molecule has 6 nitrogen and oxygen atoms in total. The van der Waals surface area contributed by atoms with Gasteiger partial charge in [-0.15, -0.1) is 0 Å². The standard InChI is InChI=1S/C27H30FN3O3/c1-33-24-8-5-9-25(34-2)26(24)27(32)29-18-21-6-3-4-7-23(21)31-16-14-30(15-17-31)19-20-10-12-22(28)13-11-20/h3-13H,14-19H2,1-2H3,(H,29,32). The van der Waals surface area contributed by atoms with Crippen LogP contribution in [0.3, 0.4) is 0 Å². The molecule has 178 valence electrons. The molecule has 1 fully saturated rings. The normalized spacial score (nSPS) is 14.0. The average Bonchev–Trinajstić information content (AvgIpc) is 2.88. The summed E-state index contributed by atoms with van der Waals surface area (Å²) < 4.78 is 23.9. The van der Waals surface area contributed by atoms with Gasteiger partial charge in [0.25, 0.3) is 5.91 Å². The van der Waals surface area contributed by atoms with Crippen LogP contribution in [0.25, 0.3) is 0 Å². The van der Waals surface area contributed by atoms with Gasteiger partial charge in [-0.1, -0.05) is 36.4 Å². The first-order valence-electron chi connectivity index (χ1n) is 11.4. The van der Waals surface area contributed by atoms with Crippen LogP contribution in [0.2, 0.25) is 0 Å². The van der Waals surface area contributed by atoms with E-state index < -0.39 is 0 Å². The number of carbonyl (C=O) groups is 1. The van der Waals surface area contributed by atoms with Crippen molar-refractivity contribution in [2.24, 2.45) is 0 Å². The highest BCUT2D eigenvalue weighted by molar-refractivity contribution is 5.99. The lowest BCUT2D eigenvalue weighted by atomic mass is 10.1. The molecule has 1 aliphatic heterocycles. The van der Waals surface area contributed by atoms with Crippen molar-refractivity contribution in [3.63, 3.8) is 0 Å². The van der Waals surface area contributed by atoms with Crippen LogP contribution in [0.1, 0.15) is 21.5 Å². The first kappa shape index (κ1) is 23.6. The van der Waals surface area contributed by atoms with Crippen molar-refractivity contribution < 1.29 is 18.7 Å². The Labute approximate surface area is 199 Å². The van der Waals surface area contributed by atoms with Gasteiger partial charge < -0.3 is 19.7 Å². The Bertz CT molecular complexity index is 1090. The molecule has 0 saturated carbocycles. The molecule has 3 aromatic carbocycles. The lowest BCUT2D eigenvalue weighted by Gasteiger charge is -2.37. The van der Waals surface area contributed by atoms with E-state index in [1.54, 1.807) is 18.2 Å². The molecule has 0 aliphatic carbocycles. The van der Waals surface area contributed by atoms with Crippen molar-refractivity contribution in [1.29, 1.82) is 0 Å². The number of halogens is 1. The highest BCUT2D eigenvalue weighted by atomic mass is 19.1. The van der Waals surface area contributed by atoms with Gasteiger partial charge in [0.1, 0.15) is 22.9 Å². The molecular weight excluding hydrogens is 433 g/mol. The molecule has 0 radical (unpaired) electrons. The Balaban J connectivity index is 1.39. The molecule has 3 aromatic rings. The second kappa shape index (κ2) is 11.0. The summed E-state index contributed by atoms with van der Waals surface area (Å²) in [4.78, 5) is 17.7. The fourth-order valence-electron chi connectivity index (χ4n) is 4.30. The van der Waals surface area contributed by atoms with Gasteiger partial charge in [-0.2, -0.15) is 0 Å². The predicted molar refractivity (Wildman–Crippen MR) is 131 cm³/mol. The summed E-state index contributed by atoms with van der Waals surface area (Å²) in [5.41, 5.74) is 3.68. The Kier molecular flexibility index (Phi) is 7.65. The largest absolute Gasteiger partial charge is 0.496 e. The average molecular weight is 464 g/mol. The molecule has 0 unspecified atom stereocenters. The molecule has 0 spiro atoms. The number of benzene rings is 3. The van der Waals surface area contributed by atoms with Crippen molar-refractivity contribution >= 4 is 11.6 Å². The minimum Gasteiger partial charge on any atom is -0.496 e. The Morgan fingerprint density at radius 1 is 0.882 bits per heavy atom. The molecule has 0 aromatic heterocycles. The predicted octanol–water partition coefficient (Wildman–Crippen LogP) is 4.10. The number of nitrogens with zero attached hydrogens (tertiary/aromatic N) is 2. The first-order chi connectivity index (χ1) is 16.6. The number of rotatable bonds is 8. The van der Waals surface area contributed by atoms with Gasteiger partial charge in [0.05, 0.1) is 14.2 Å². The third-order valence-corrected chi connectivity index (χ3v) is 6.12. The van der Waals surface area contributed by atoms with E-state index in [-0.39, 0.29) is 11.7 Å². The van der Waals surface area contributed by atoms with Crippen molar-refractivity contribution in [2.45, 2.75) is 13.1 Å². The van der Waals surface area contributed by atoms with Crippen molar-refractivity contribution in [3.05, 3.63) is 89.2 Å². The van der Waals surface area contributed by atoms with E-state index in [2.05, 4.69) is 21.2 Å². The summed E-state index contributed by atoms with van der Waals surface area (Å²) in [5.74, 6) is 0.500. The summed E-state index contributed by atoms with van der Waals surface area (Å²) in [5, 5.41) is 3.02. The molecule has 1 aliphatic rings. The lowest BCUT2D eigenvalue weighted by Crippen LogP contribution is -2.46. The summed E-state index contributed by atoms with van der Waals surface area (Å²) in [6.07, 6.45) is 0. The quantitative estimate of drug-likeness (QED) is 0.545. The van der Waals surface area contributed by atoms with E-state index in [1.165, 1.54) is 26.4 Å². The van der Waals surface area contributed by atoms with Crippen LogP contribution in [0.15, 0.2) is 66.7 Å². The molecule has 1 N–H and O–H groups in total. The number of hydrogen-bond acceptors (Lipinski definition) is 5. The number of piperazine rings is 1. The molecule has 0 atom stereocenters. The Morgan fingerprint density at radius 2 is 1.53 bits per heavy atom. The van der Waals surface area contributed by atoms with Crippen LogP contribution >= 0.6 is 0 Å². The molecule has 0 bridgehead atoms. The van der Waals surface area contributed by atoms with E-state index in [9.17, 15) is 9.18 Å². The van der Waals surface area contributed by atoms with Crippen LogP contribution in [-0.4, -0.2) is 51.2 Å². The molecular formula is C27H30FN3O3. The number of carbonyl (C=O) groups excluding carboxylic acids is 1. The minimum absolute atomic E-state index is 0.207. The monoisotopic (exact) mass is 463 g/mol. The molecule has 34 heavy (non-hydrogen) atoms. The summed E-state index contributed by atoms with van der Waals surface area (Å²) in [6.45, 7) is 4.80. The minimum atomic E-state index is -0.242. The number of amides is 1. The molecule has 4 rings (SSSR count). The fraction of sp³-hybridized carbons (Fsp3) is 0.296. The highest BCUT2D eigenvalue weighted by Crippen LogP contribution is 2.28. The van der Waals surface area contributed by atoms with E-state index in [0.717, 1.165) is 49.5 Å². The summed E-state index contributed by atoms with van der Waals surface area (Å²) in [7, 11) is 3.08. The van der Waals surface area contributed by atoms with Gasteiger partial charge in [0, 0.05) is 45.0 Å². The van der Waals surface area contributed by atoms with Crippen molar-refractivity contribution in [2.75, 3.05) is 45.3 Å². The lowest BCUT2D eigenvalue weighted by molar-refractivity contribution is 0.0944. The van der Waals surface area contributed by atoms with Gasteiger partial charge in [-0.25, -0.2) is 4.39 Å². The molecule has 7 heteroatoms. The van der Waals surface area contributed by atoms with Crippen LogP contribution < -0.4 is 19.7 Å². The second-order valence-corrected chi connectivity index (χ2v) is 8.24. The fourth-order valence-corrected chi connectivity index (χ4v) is 4.30. The van der Waals surface area contributed by atoms with E-state index in [0.29, 0.717) is 23.6 Å². The third kappa shape index (κ3) is 5.48. The number of methoxy groups -OCH3 is 2. The van der Waals surface area contributed by atoms with Crippen LogP contribution in [0.4, 0.5) is 10.1 Å². The SMILES string of the molecule is COc1cccc(OC)c1C(=O)NCc1ccccc1N1CCN(Cc2ccc(F)cc2)CC1. The van der Waals surface area contributed by atoms with E-state index >= 15 is 0 Å². The number of ether oxygens (including phenoxy) is 2. The van der Waals surface area contributed by atoms with E-state index in [4.69, 9.17) is 9.47 Å². The number of para-hydroxylation sites is 1. The number of anilines is 1. The molecule has 1 saturated heterocycles.